The molecule has 2 rings (SSSR count). The number of phenolic OH excluding ortho intramolecular Hbond substituents is 2. The van der Waals surface area contributed by atoms with Crippen molar-refractivity contribution >= 4 is 11.9 Å². The third-order valence-corrected chi connectivity index (χ3v) is 3.91. The molecule has 0 unspecified atom stereocenters. The lowest BCUT2D eigenvalue weighted by Crippen LogP contribution is -2.55. The Bertz CT molecular complexity index is 778. The minimum Gasteiger partial charge on any atom is -0.504 e. The summed E-state index contributed by atoms with van der Waals surface area (Å²) in [6.45, 7) is 1.36. The number of rotatable bonds is 6. The third kappa shape index (κ3) is 4.27. The van der Waals surface area contributed by atoms with Crippen LogP contribution in [0, 0.1) is 0 Å². The summed E-state index contributed by atoms with van der Waals surface area (Å²) in [7, 11) is 0. The van der Waals surface area contributed by atoms with Crippen LogP contribution in [0.15, 0.2) is 48.5 Å². The standard InChI is InChI=1S/C18H20N2O5/c1-18(17(24)25,10-11-7-8-13(21)14(22)9-11)20-16(23)15(19)12-5-3-2-4-6-12/h2-9,15,21-22H,10,19H2,1H3,(H,20,23)(H,24,25)/t15-,18+/m1/s1. The van der Waals surface area contributed by atoms with E-state index in [4.69, 9.17) is 5.73 Å². The number of carboxylic acid groups (broad SMARTS) is 1. The fourth-order valence-corrected chi connectivity index (χ4v) is 2.42. The Morgan fingerprint density at radius 1 is 1.12 bits per heavy atom. The van der Waals surface area contributed by atoms with Gasteiger partial charge in [-0.15, -0.1) is 0 Å². The lowest BCUT2D eigenvalue weighted by atomic mass is 9.91. The molecule has 0 aromatic heterocycles. The Morgan fingerprint density at radius 2 is 1.76 bits per heavy atom. The summed E-state index contributed by atoms with van der Waals surface area (Å²) in [5.41, 5.74) is 5.28. The first-order chi connectivity index (χ1) is 11.7. The third-order valence-electron chi connectivity index (χ3n) is 3.91. The van der Waals surface area contributed by atoms with Gasteiger partial charge in [-0.3, -0.25) is 4.79 Å². The molecule has 0 aliphatic rings. The molecule has 2 atom stereocenters. The van der Waals surface area contributed by atoms with Gasteiger partial charge in [-0.25, -0.2) is 4.79 Å². The van der Waals surface area contributed by atoms with Crippen LogP contribution in [0.1, 0.15) is 24.1 Å². The van der Waals surface area contributed by atoms with E-state index in [2.05, 4.69) is 5.32 Å². The molecule has 0 saturated heterocycles. The highest BCUT2D eigenvalue weighted by Gasteiger charge is 2.36. The summed E-state index contributed by atoms with van der Waals surface area (Å²) in [6, 6.07) is 11.6. The normalized spacial score (nSPS) is 14.3. The predicted molar refractivity (Wildman–Crippen MR) is 91.0 cm³/mol. The summed E-state index contributed by atoms with van der Waals surface area (Å²) >= 11 is 0. The van der Waals surface area contributed by atoms with Crippen LogP contribution in [0.25, 0.3) is 0 Å². The number of amides is 1. The van der Waals surface area contributed by atoms with Crippen LogP contribution in [0.5, 0.6) is 11.5 Å². The van der Waals surface area contributed by atoms with Crippen LogP contribution in [-0.4, -0.2) is 32.7 Å². The van der Waals surface area contributed by atoms with Crippen molar-refractivity contribution in [3.05, 3.63) is 59.7 Å². The SMILES string of the molecule is C[C@@](Cc1ccc(O)c(O)c1)(NC(=O)[C@H](N)c1ccccc1)C(=O)O. The second-order valence-electron chi connectivity index (χ2n) is 6.01. The van der Waals surface area contributed by atoms with Crippen LogP contribution >= 0.6 is 0 Å². The molecule has 2 aromatic carbocycles. The van der Waals surface area contributed by atoms with E-state index < -0.39 is 23.5 Å². The molecule has 0 bridgehead atoms. The molecule has 25 heavy (non-hydrogen) atoms. The quantitative estimate of drug-likeness (QED) is 0.502. The average molecular weight is 344 g/mol. The number of carboxylic acids is 1. The van der Waals surface area contributed by atoms with Gasteiger partial charge >= 0.3 is 5.97 Å². The molecule has 1 amide bonds. The van der Waals surface area contributed by atoms with E-state index in [1.165, 1.54) is 25.1 Å². The molecular formula is C18H20N2O5. The molecule has 7 heteroatoms. The highest BCUT2D eigenvalue weighted by molar-refractivity contribution is 5.90. The molecular weight excluding hydrogens is 324 g/mol. The number of carbonyl (C=O) groups is 2. The molecule has 0 heterocycles. The molecule has 0 aliphatic carbocycles. The van der Waals surface area contributed by atoms with E-state index in [0.29, 0.717) is 11.1 Å². The summed E-state index contributed by atoms with van der Waals surface area (Å²) in [5, 5.41) is 30.9. The second-order valence-corrected chi connectivity index (χ2v) is 6.01. The Labute approximate surface area is 144 Å². The number of aromatic hydroxyl groups is 2. The summed E-state index contributed by atoms with van der Waals surface area (Å²) in [5.74, 6) is -2.54. The zero-order valence-corrected chi connectivity index (χ0v) is 13.6. The smallest absolute Gasteiger partial charge is 0.329 e. The maximum atomic E-state index is 12.4. The molecule has 0 fully saturated rings. The number of nitrogens with two attached hydrogens (primary N) is 1. The fourth-order valence-electron chi connectivity index (χ4n) is 2.42. The van der Waals surface area contributed by atoms with Crippen molar-refractivity contribution in [3.8, 4) is 11.5 Å². The van der Waals surface area contributed by atoms with Crippen LogP contribution < -0.4 is 11.1 Å². The van der Waals surface area contributed by atoms with Crippen LogP contribution in [0.2, 0.25) is 0 Å². The number of phenols is 2. The lowest BCUT2D eigenvalue weighted by Gasteiger charge is -2.28. The molecule has 0 aliphatic heterocycles. The number of benzene rings is 2. The first-order valence-corrected chi connectivity index (χ1v) is 7.60. The lowest BCUT2D eigenvalue weighted by molar-refractivity contribution is -0.147. The fraction of sp³-hybridized carbons (Fsp3) is 0.222. The van der Waals surface area contributed by atoms with E-state index in [0.717, 1.165) is 0 Å². The molecule has 0 saturated carbocycles. The van der Waals surface area contributed by atoms with Gasteiger partial charge in [-0.1, -0.05) is 36.4 Å². The van der Waals surface area contributed by atoms with E-state index >= 15 is 0 Å². The number of hydrogen-bond donors (Lipinski definition) is 5. The van der Waals surface area contributed by atoms with Gasteiger partial charge in [0.2, 0.25) is 5.91 Å². The Balaban J connectivity index is 2.20. The number of aliphatic carboxylic acids is 1. The van der Waals surface area contributed by atoms with Crippen molar-refractivity contribution in [1.82, 2.24) is 5.32 Å². The van der Waals surface area contributed by atoms with Gasteiger partial charge in [0.15, 0.2) is 11.5 Å². The van der Waals surface area contributed by atoms with Crippen molar-refractivity contribution in [1.29, 1.82) is 0 Å². The molecule has 132 valence electrons. The van der Waals surface area contributed by atoms with E-state index in [1.54, 1.807) is 30.3 Å². The molecule has 0 spiro atoms. The van der Waals surface area contributed by atoms with Gasteiger partial charge in [0.1, 0.15) is 11.6 Å². The molecule has 6 N–H and O–H groups in total. The molecule has 0 radical (unpaired) electrons. The van der Waals surface area contributed by atoms with Gasteiger partial charge in [-0.2, -0.15) is 0 Å². The van der Waals surface area contributed by atoms with Crippen molar-refractivity contribution in [3.63, 3.8) is 0 Å². The number of nitrogens with one attached hydrogen (secondary N) is 1. The maximum Gasteiger partial charge on any atom is 0.329 e. The largest absolute Gasteiger partial charge is 0.504 e. The van der Waals surface area contributed by atoms with Gasteiger partial charge < -0.3 is 26.4 Å². The van der Waals surface area contributed by atoms with Gasteiger partial charge in [-0.05, 0) is 30.2 Å². The van der Waals surface area contributed by atoms with E-state index in [-0.39, 0.29) is 17.9 Å². The average Bonchev–Trinajstić information content (AvgIpc) is 2.58. The first kappa shape index (κ1) is 18.3. The number of carbonyl (C=O) groups excluding carboxylic acids is 1. The predicted octanol–water partition coefficient (Wildman–Crippen LogP) is 1.30. The highest BCUT2D eigenvalue weighted by atomic mass is 16.4. The van der Waals surface area contributed by atoms with Crippen molar-refractivity contribution in [2.24, 2.45) is 5.73 Å². The van der Waals surface area contributed by atoms with Crippen LogP contribution in [0.3, 0.4) is 0 Å². The monoisotopic (exact) mass is 344 g/mol. The van der Waals surface area contributed by atoms with Crippen LogP contribution in [-0.2, 0) is 16.0 Å². The second kappa shape index (κ2) is 7.23. The van der Waals surface area contributed by atoms with Gasteiger partial charge in [0.25, 0.3) is 0 Å². The topological polar surface area (TPSA) is 133 Å². The number of hydrogen-bond acceptors (Lipinski definition) is 5. The minimum absolute atomic E-state index is 0.0938. The zero-order valence-electron chi connectivity index (χ0n) is 13.6. The minimum atomic E-state index is -1.63. The van der Waals surface area contributed by atoms with E-state index in [1.807, 2.05) is 0 Å². The van der Waals surface area contributed by atoms with Gasteiger partial charge in [0, 0.05) is 6.42 Å². The summed E-state index contributed by atoms with van der Waals surface area (Å²) in [6.07, 6.45) is -0.0938. The molecule has 7 nitrogen and oxygen atoms in total. The van der Waals surface area contributed by atoms with E-state index in [9.17, 15) is 24.9 Å². The van der Waals surface area contributed by atoms with Crippen molar-refractivity contribution < 1.29 is 24.9 Å². The zero-order chi connectivity index (χ0) is 18.6. The van der Waals surface area contributed by atoms with Crippen molar-refractivity contribution in [2.75, 3.05) is 0 Å². The molecule has 2 aromatic rings. The maximum absolute atomic E-state index is 12.4. The van der Waals surface area contributed by atoms with Crippen molar-refractivity contribution in [2.45, 2.75) is 24.9 Å². The highest BCUT2D eigenvalue weighted by Crippen LogP contribution is 2.27. The Kier molecular flexibility index (Phi) is 5.29. The summed E-state index contributed by atoms with van der Waals surface area (Å²) < 4.78 is 0. The Hall–Kier alpha value is -3.06. The summed E-state index contributed by atoms with van der Waals surface area (Å²) in [4.78, 5) is 24.1. The van der Waals surface area contributed by atoms with Gasteiger partial charge in [0.05, 0.1) is 0 Å². The van der Waals surface area contributed by atoms with Crippen LogP contribution in [0.4, 0.5) is 0 Å². The Morgan fingerprint density at radius 3 is 2.32 bits per heavy atom. The first-order valence-electron chi connectivity index (χ1n) is 7.60.